The summed E-state index contributed by atoms with van der Waals surface area (Å²) in [5.74, 6) is -0.290. The fraction of sp³-hybridized carbons (Fsp3) is 0.571. The zero-order valence-corrected chi connectivity index (χ0v) is 13.7. The largest absolute Gasteiger partial charge is 0.462 e. The number of pyridine rings is 1. The van der Waals surface area contributed by atoms with E-state index in [2.05, 4.69) is 14.8 Å². The van der Waals surface area contributed by atoms with Gasteiger partial charge in [0.2, 0.25) is 0 Å². The summed E-state index contributed by atoms with van der Waals surface area (Å²) in [6, 6.07) is 2.46. The minimum Gasteiger partial charge on any atom is -0.462 e. The number of nitrogens with zero attached hydrogens (tertiary/aromatic N) is 3. The van der Waals surface area contributed by atoms with Gasteiger partial charge in [0.25, 0.3) is 0 Å². The number of piperazine rings is 1. The van der Waals surface area contributed by atoms with Crippen LogP contribution in [0.1, 0.15) is 23.7 Å². The molecule has 2 atom stereocenters. The summed E-state index contributed by atoms with van der Waals surface area (Å²) < 4.78 is 5.03. The molecule has 2 unspecified atom stereocenters. The van der Waals surface area contributed by atoms with Gasteiger partial charge in [-0.2, -0.15) is 0 Å². The van der Waals surface area contributed by atoms with Crippen LogP contribution in [-0.2, 0) is 4.74 Å². The molecule has 0 aromatic carbocycles. The van der Waals surface area contributed by atoms with Gasteiger partial charge in [-0.25, -0.2) is 4.79 Å². The SMILES string of the molecule is CCOC(=O)c1cncc(N2CCN3CCC2C3)c1.Cl.Cl. The lowest BCUT2D eigenvalue weighted by Crippen LogP contribution is -2.46. The van der Waals surface area contributed by atoms with Crippen LogP contribution in [0.4, 0.5) is 5.69 Å². The van der Waals surface area contributed by atoms with Crippen LogP contribution in [0.3, 0.4) is 0 Å². The highest BCUT2D eigenvalue weighted by Gasteiger charge is 2.32. The van der Waals surface area contributed by atoms with Crippen molar-refractivity contribution in [2.45, 2.75) is 19.4 Å². The summed E-state index contributed by atoms with van der Waals surface area (Å²) in [4.78, 5) is 20.8. The van der Waals surface area contributed by atoms with Crippen LogP contribution in [0.25, 0.3) is 0 Å². The van der Waals surface area contributed by atoms with Gasteiger partial charge in [-0.1, -0.05) is 0 Å². The quantitative estimate of drug-likeness (QED) is 0.791. The maximum absolute atomic E-state index is 11.8. The number of anilines is 1. The number of carbonyl (C=O) groups excluding carboxylic acids is 1. The second-order valence-corrected chi connectivity index (χ2v) is 5.09. The molecule has 0 amide bonds. The van der Waals surface area contributed by atoms with Crippen molar-refractivity contribution < 1.29 is 9.53 Å². The molecule has 0 saturated carbocycles. The molecule has 3 rings (SSSR count). The average molecular weight is 334 g/mol. The Morgan fingerprint density at radius 1 is 1.33 bits per heavy atom. The van der Waals surface area contributed by atoms with Gasteiger partial charge in [0.15, 0.2) is 0 Å². The Bertz CT molecular complexity index is 487. The lowest BCUT2D eigenvalue weighted by Gasteiger charge is -2.36. The van der Waals surface area contributed by atoms with Crippen LogP contribution in [0.5, 0.6) is 0 Å². The van der Waals surface area contributed by atoms with E-state index in [0.717, 1.165) is 25.3 Å². The fourth-order valence-corrected chi connectivity index (χ4v) is 2.95. The molecule has 21 heavy (non-hydrogen) atoms. The third kappa shape index (κ3) is 3.78. The number of rotatable bonds is 3. The summed E-state index contributed by atoms with van der Waals surface area (Å²) in [5.41, 5.74) is 1.58. The van der Waals surface area contributed by atoms with Crippen molar-refractivity contribution in [3.63, 3.8) is 0 Å². The number of hydrogen-bond donors (Lipinski definition) is 0. The molecule has 0 N–H and O–H groups in total. The van der Waals surface area contributed by atoms with Crippen molar-refractivity contribution in [1.29, 1.82) is 0 Å². The Hall–Kier alpha value is -1.04. The van der Waals surface area contributed by atoms with Gasteiger partial charge in [-0.15, -0.1) is 24.8 Å². The first-order chi connectivity index (χ1) is 9.28. The van der Waals surface area contributed by atoms with Gasteiger partial charge in [-0.05, 0) is 19.4 Å². The Morgan fingerprint density at radius 3 is 2.90 bits per heavy atom. The fourth-order valence-electron chi connectivity index (χ4n) is 2.95. The second-order valence-electron chi connectivity index (χ2n) is 5.09. The van der Waals surface area contributed by atoms with E-state index < -0.39 is 0 Å². The number of aromatic nitrogens is 1. The molecule has 1 aromatic heterocycles. The molecule has 3 heterocycles. The molecule has 118 valence electrons. The maximum Gasteiger partial charge on any atom is 0.339 e. The smallest absolute Gasteiger partial charge is 0.339 e. The molecule has 2 saturated heterocycles. The molecule has 2 bridgehead atoms. The minimum absolute atomic E-state index is 0. The standard InChI is InChI=1S/C14H19N3O2.2ClH/c1-2-19-14(18)11-7-13(9-15-8-11)17-6-5-16-4-3-12(17)10-16;;/h7-9,12H,2-6,10H2,1H3;2*1H. The number of halogens is 2. The lowest BCUT2D eigenvalue weighted by atomic mass is 10.1. The van der Waals surface area contributed by atoms with Crippen LogP contribution in [-0.4, -0.2) is 54.7 Å². The third-order valence-electron chi connectivity index (χ3n) is 3.91. The van der Waals surface area contributed by atoms with E-state index in [1.54, 1.807) is 6.20 Å². The monoisotopic (exact) mass is 333 g/mol. The lowest BCUT2D eigenvalue weighted by molar-refractivity contribution is 0.0526. The molecule has 5 nitrogen and oxygen atoms in total. The first-order valence-corrected chi connectivity index (χ1v) is 6.89. The van der Waals surface area contributed by atoms with E-state index in [1.165, 1.54) is 13.0 Å². The molecule has 2 aliphatic heterocycles. The zero-order chi connectivity index (χ0) is 13.2. The van der Waals surface area contributed by atoms with E-state index in [4.69, 9.17) is 4.74 Å². The summed E-state index contributed by atoms with van der Waals surface area (Å²) in [7, 11) is 0. The molecule has 1 aromatic rings. The summed E-state index contributed by atoms with van der Waals surface area (Å²) in [6.07, 6.45) is 4.62. The van der Waals surface area contributed by atoms with Gasteiger partial charge in [-0.3, -0.25) is 9.88 Å². The first kappa shape index (κ1) is 18.0. The van der Waals surface area contributed by atoms with Crippen LogP contribution >= 0.6 is 24.8 Å². The zero-order valence-electron chi connectivity index (χ0n) is 12.0. The van der Waals surface area contributed by atoms with Crippen LogP contribution in [0.15, 0.2) is 18.5 Å². The van der Waals surface area contributed by atoms with Crippen molar-refractivity contribution >= 4 is 36.5 Å². The average Bonchev–Trinajstić information content (AvgIpc) is 2.81. The topological polar surface area (TPSA) is 45.7 Å². The Kier molecular flexibility index (Phi) is 6.71. The van der Waals surface area contributed by atoms with E-state index in [1.807, 2.05) is 19.2 Å². The van der Waals surface area contributed by atoms with Gasteiger partial charge in [0, 0.05) is 38.4 Å². The number of hydrogen-bond acceptors (Lipinski definition) is 5. The minimum atomic E-state index is -0.290. The second kappa shape index (κ2) is 7.82. The third-order valence-corrected chi connectivity index (χ3v) is 3.91. The highest BCUT2D eigenvalue weighted by molar-refractivity contribution is 5.90. The van der Waals surface area contributed by atoms with Crippen molar-refractivity contribution in [3.05, 3.63) is 24.0 Å². The highest BCUT2D eigenvalue weighted by Crippen LogP contribution is 2.26. The van der Waals surface area contributed by atoms with E-state index in [9.17, 15) is 4.79 Å². The predicted octanol–water partition coefficient (Wildman–Crippen LogP) is 2.00. The molecule has 0 spiro atoms. The first-order valence-electron chi connectivity index (χ1n) is 6.89. The summed E-state index contributed by atoms with van der Waals surface area (Å²) in [5, 5.41) is 0. The number of fused-ring (bicyclic) bond motifs is 2. The molecular weight excluding hydrogens is 313 g/mol. The van der Waals surface area contributed by atoms with Crippen molar-refractivity contribution in [3.8, 4) is 0 Å². The predicted molar refractivity (Wildman–Crippen MR) is 86.9 cm³/mol. The van der Waals surface area contributed by atoms with E-state index in [-0.39, 0.29) is 30.8 Å². The Labute approximate surface area is 137 Å². The molecule has 2 fully saturated rings. The molecule has 0 aliphatic carbocycles. The molecular formula is C14H21Cl2N3O2. The summed E-state index contributed by atoms with van der Waals surface area (Å²) >= 11 is 0. The van der Waals surface area contributed by atoms with Gasteiger partial charge < -0.3 is 9.64 Å². The van der Waals surface area contributed by atoms with Gasteiger partial charge in [0.05, 0.1) is 24.1 Å². The van der Waals surface area contributed by atoms with Crippen molar-refractivity contribution in [1.82, 2.24) is 9.88 Å². The molecule has 7 heteroatoms. The number of ether oxygens (including phenoxy) is 1. The maximum atomic E-state index is 11.8. The normalized spacial score (nSPS) is 23.0. The van der Waals surface area contributed by atoms with E-state index in [0.29, 0.717) is 18.2 Å². The Morgan fingerprint density at radius 2 is 2.14 bits per heavy atom. The number of carbonyl (C=O) groups is 1. The summed E-state index contributed by atoms with van der Waals surface area (Å²) in [6.45, 7) is 6.63. The van der Waals surface area contributed by atoms with Gasteiger partial charge >= 0.3 is 5.97 Å². The van der Waals surface area contributed by atoms with Gasteiger partial charge in [0.1, 0.15) is 0 Å². The number of esters is 1. The van der Waals surface area contributed by atoms with Crippen molar-refractivity contribution in [2.75, 3.05) is 37.7 Å². The molecule has 0 radical (unpaired) electrons. The van der Waals surface area contributed by atoms with Crippen LogP contribution in [0.2, 0.25) is 0 Å². The molecule has 2 aliphatic rings. The Balaban J connectivity index is 0.00000110. The van der Waals surface area contributed by atoms with Crippen LogP contribution in [0, 0.1) is 0 Å². The highest BCUT2D eigenvalue weighted by atomic mass is 35.5. The van der Waals surface area contributed by atoms with Crippen molar-refractivity contribution in [2.24, 2.45) is 0 Å². The van der Waals surface area contributed by atoms with Crippen LogP contribution < -0.4 is 4.90 Å². The van der Waals surface area contributed by atoms with E-state index >= 15 is 0 Å².